The highest BCUT2D eigenvalue weighted by atomic mass is 32.1. The molecule has 3 rings (SSSR count). The SMILES string of the molecule is CC1CCc2nc(NC(=O)C3=NN(C)C(=O)CC3)sc2C1. The molecule has 0 aromatic carbocycles. The van der Waals surface area contributed by atoms with Gasteiger partial charge in [0.2, 0.25) is 5.91 Å². The number of hydrogen-bond donors (Lipinski definition) is 1. The van der Waals surface area contributed by atoms with Gasteiger partial charge in [-0.15, -0.1) is 11.3 Å². The van der Waals surface area contributed by atoms with Gasteiger partial charge in [-0.3, -0.25) is 14.9 Å². The molecule has 0 radical (unpaired) electrons. The number of rotatable bonds is 2. The second-order valence-electron chi connectivity index (χ2n) is 5.66. The van der Waals surface area contributed by atoms with Crippen LogP contribution in [0.25, 0.3) is 0 Å². The van der Waals surface area contributed by atoms with E-state index in [-0.39, 0.29) is 11.8 Å². The van der Waals surface area contributed by atoms with Crippen LogP contribution >= 0.6 is 11.3 Å². The number of thiazole rings is 1. The van der Waals surface area contributed by atoms with Gasteiger partial charge in [0.25, 0.3) is 5.91 Å². The van der Waals surface area contributed by atoms with Gasteiger partial charge < -0.3 is 0 Å². The third-order valence-corrected chi connectivity index (χ3v) is 4.91. The van der Waals surface area contributed by atoms with Gasteiger partial charge in [-0.1, -0.05) is 6.92 Å². The molecule has 1 aromatic rings. The quantitative estimate of drug-likeness (QED) is 0.905. The van der Waals surface area contributed by atoms with Crippen molar-refractivity contribution < 1.29 is 9.59 Å². The zero-order valence-electron chi connectivity index (χ0n) is 12.2. The highest BCUT2D eigenvalue weighted by molar-refractivity contribution is 7.16. The van der Waals surface area contributed by atoms with Crippen molar-refractivity contribution >= 4 is 34.0 Å². The molecule has 0 saturated heterocycles. The second kappa shape index (κ2) is 5.55. The molecule has 0 saturated carbocycles. The average molecular weight is 306 g/mol. The molecule has 7 heteroatoms. The van der Waals surface area contributed by atoms with Gasteiger partial charge in [0.15, 0.2) is 5.13 Å². The summed E-state index contributed by atoms with van der Waals surface area (Å²) < 4.78 is 0. The summed E-state index contributed by atoms with van der Waals surface area (Å²) in [4.78, 5) is 29.3. The minimum atomic E-state index is -0.256. The number of carbonyl (C=O) groups excluding carboxylic acids is 2. The zero-order chi connectivity index (χ0) is 15.0. The van der Waals surface area contributed by atoms with Crippen LogP contribution in [-0.2, 0) is 22.4 Å². The molecule has 1 aliphatic heterocycles. The molecule has 1 atom stereocenters. The maximum absolute atomic E-state index is 12.2. The van der Waals surface area contributed by atoms with Crippen LogP contribution in [-0.4, -0.2) is 34.6 Å². The lowest BCUT2D eigenvalue weighted by Crippen LogP contribution is -2.34. The number of nitrogens with one attached hydrogen (secondary N) is 1. The lowest BCUT2D eigenvalue weighted by molar-refractivity contribution is -0.130. The van der Waals surface area contributed by atoms with E-state index in [9.17, 15) is 9.59 Å². The summed E-state index contributed by atoms with van der Waals surface area (Å²) in [7, 11) is 1.57. The fraction of sp³-hybridized carbons (Fsp3) is 0.571. The van der Waals surface area contributed by atoms with E-state index >= 15 is 0 Å². The first-order chi connectivity index (χ1) is 10.0. The normalized spacial score (nSPS) is 21.8. The Balaban J connectivity index is 1.71. The van der Waals surface area contributed by atoms with E-state index in [4.69, 9.17) is 0 Å². The predicted molar refractivity (Wildman–Crippen MR) is 81.4 cm³/mol. The number of fused-ring (bicyclic) bond motifs is 1. The van der Waals surface area contributed by atoms with Crippen molar-refractivity contribution in [1.82, 2.24) is 9.99 Å². The Morgan fingerprint density at radius 1 is 1.38 bits per heavy atom. The van der Waals surface area contributed by atoms with Gasteiger partial charge in [0.1, 0.15) is 5.71 Å². The average Bonchev–Trinajstić information content (AvgIpc) is 2.83. The second-order valence-corrected chi connectivity index (χ2v) is 6.74. The molecule has 1 aliphatic carbocycles. The van der Waals surface area contributed by atoms with Gasteiger partial charge in [0, 0.05) is 24.8 Å². The van der Waals surface area contributed by atoms with Gasteiger partial charge in [-0.25, -0.2) is 9.99 Å². The minimum Gasteiger partial charge on any atom is -0.297 e. The Kier molecular flexibility index (Phi) is 3.75. The van der Waals surface area contributed by atoms with Crippen LogP contribution in [0.2, 0.25) is 0 Å². The minimum absolute atomic E-state index is 0.0646. The number of anilines is 1. The molecule has 1 aromatic heterocycles. The van der Waals surface area contributed by atoms with Gasteiger partial charge in [0.05, 0.1) is 5.69 Å². The molecule has 21 heavy (non-hydrogen) atoms. The summed E-state index contributed by atoms with van der Waals surface area (Å²) in [6, 6.07) is 0. The lowest BCUT2D eigenvalue weighted by Gasteiger charge is -2.18. The van der Waals surface area contributed by atoms with E-state index in [0.29, 0.717) is 29.6 Å². The first kappa shape index (κ1) is 14.2. The Bertz CT molecular complexity index is 622. The third-order valence-electron chi connectivity index (χ3n) is 3.88. The maximum atomic E-state index is 12.2. The summed E-state index contributed by atoms with van der Waals surface area (Å²) in [5.41, 5.74) is 1.50. The number of amides is 2. The maximum Gasteiger partial charge on any atom is 0.273 e. The van der Waals surface area contributed by atoms with Crippen molar-refractivity contribution in [3.63, 3.8) is 0 Å². The highest BCUT2D eigenvalue weighted by Gasteiger charge is 2.24. The van der Waals surface area contributed by atoms with Crippen molar-refractivity contribution in [3.8, 4) is 0 Å². The van der Waals surface area contributed by atoms with Gasteiger partial charge in [-0.2, -0.15) is 5.10 Å². The molecule has 6 nitrogen and oxygen atoms in total. The molecule has 0 bridgehead atoms. The standard InChI is InChI=1S/C14H18N4O2S/c1-8-3-4-9-11(7-8)21-14(15-9)16-13(20)10-5-6-12(19)18(2)17-10/h8H,3-7H2,1-2H3,(H,15,16,20). The summed E-state index contributed by atoms with van der Waals surface area (Å²) in [6.45, 7) is 2.24. The summed E-state index contributed by atoms with van der Waals surface area (Å²) in [5.74, 6) is 0.364. The monoisotopic (exact) mass is 306 g/mol. The number of aromatic nitrogens is 1. The van der Waals surface area contributed by atoms with Crippen molar-refractivity contribution in [3.05, 3.63) is 10.6 Å². The molecule has 112 valence electrons. The van der Waals surface area contributed by atoms with Crippen LogP contribution in [0.3, 0.4) is 0 Å². The Morgan fingerprint density at radius 2 is 2.19 bits per heavy atom. The fourth-order valence-electron chi connectivity index (χ4n) is 2.60. The van der Waals surface area contributed by atoms with Crippen LogP contribution in [0.15, 0.2) is 5.10 Å². The first-order valence-corrected chi connectivity index (χ1v) is 7.98. The Hall–Kier alpha value is -1.76. The molecule has 2 heterocycles. The van der Waals surface area contributed by atoms with Crippen LogP contribution in [0, 0.1) is 5.92 Å². The smallest absolute Gasteiger partial charge is 0.273 e. The van der Waals surface area contributed by atoms with Crippen LogP contribution < -0.4 is 5.32 Å². The molecule has 2 amide bonds. The van der Waals surface area contributed by atoms with Crippen molar-refractivity contribution in [2.45, 2.75) is 39.0 Å². The summed E-state index contributed by atoms with van der Waals surface area (Å²) in [5, 5.41) is 8.71. The lowest BCUT2D eigenvalue weighted by atomic mass is 9.93. The third kappa shape index (κ3) is 2.97. The Morgan fingerprint density at radius 3 is 2.95 bits per heavy atom. The topological polar surface area (TPSA) is 74.7 Å². The zero-order valence-corrected chi connectivity index (χ0v) is 13.0. The molecular weight excluding hydrogens is 288 g/mol. The van der Waals surface area contributed by atoms with Crippen molar-refractivity contribution in [1.29, 1.82) is 0 Å². The highest BCUT2D eigenvalue weighted by Crippen LogP contribution is 2.32. The van der Waals surface area contributed by atoms with Crippen molar-refractivity contribution in [2.24, 2.45) is 11.0 Å². The van der Waals surface area contributed by atoms with E-state index in [2.05, 4.69) is 22.3 Å². The molecule has 1 unspecified atom stereocenters. The molecule has 0 spiro atoms. The fourth-order valence-corrected chi connectivity index (χ4v) is 3.76. The van der Waals surface area contributed by atoms with E-state index in [0.717, 1.165) is 25.0 Å². The van der Waals surface area contributed by atoms with E-state index in [1.165, 1.54) is 9.89 Å². The van der Waals surface area contributed by atoms with Crippen LogP contribution in [0.1, 0.15) is 36.8 Å². The van der Waals surface area contributed by atoms with Gasteiger partial charge in [-0.05, 0) is 25.2 Å². The number of carbonyl (C=O) groups is 2. The Labute approximate surface area is 127 Å². The largest absolute Gasteiger partial charge is 0.297 e. The molecule has 2 aliphatic rings. The predicted octanol–water partition coefficient (Wildman–Crippen LogP) is 1.81. The molecule has 1 N–H and O–H groups in total. The van der Waals surface area contributed by atoms with Crippen LogP contribution in [0.5, 0.6) is 0 Å². The first-order valence-electron chi connectivity index (χ1n) is 7.17. The van der Waals surface area contributed by atoms with E-state index < -0.39 is 0 Å². The van der Waals surface area contributed by atoms with E-state index in [1.807, 2.05) is 0 Å². The van der Waals surface area contributed by atoms with E-state index in [1.54, 1.807) is 18.4 Å². The number of aryl methyl sites for hydroxylation is 1. The number of hydrazone groups is 1. The summed E-state index contributed by atoms with van der Waals surface area (Å²) >= 11 is 1.55. The van der Waals surface area contributed by atoms with Gasteiger partial charge >= 0.3 is 0 Å². The molecule has 0 fully saturated rings. The van der Waals surface area contributed by atoms with Crippen molar-refractivity contribution in [2.75, 3.05) is 12.4 Å². The number of nitrogens with zero attached hydrogens (tertiary/aromatic N) is 3. The molecular formula is C14H18N4O2S. The van der Waals surface area contributed by atoms with Crippen LogP contribution in [0.4, 0.5) is 5.13 Å². The summed E-state index contributed by atoms with van der Waals surface area (Å²) in [6.07, 6.45) is 3.90. The number of hydrogen-bond acceptors (Lipinski definition) is 5.